The van der Waals surface area contributed by atoms with Gasteiger partial charge >= 0.3 is 5.97 Å². The van der Waals surface area contributed by atoms with Gasteiger partial charge in [0.25, 0.3) is 0 Å². The predicted octanol–water partition coefficient (Wildman–Crippen LogP) is 2.03. The number of nitrogens with two attached hydrogens (primary N) is 1. The molecule has 0 aliphatic rings. The maximum absolute atomic E-state index is 13.6. The van der Waals surface area contributed by atoms with Crippen LogP contribution in [-0.2, 0) is 9.47 Å². The highest BCUT2D eigenvalue weighted by molar-refractivity contribution is 5.96. The van der Waals surface area contributed by atoms with Gasteiger partial charge in [0.05, 0.1) is 18.4 Å². The van der Waals surface area contributed by atoms with Gasteiger partial charge in [0.2, 0.25) is 0 Å². The number of benzene rings is 1. The first kappa shape index (κ1) is 15.2. The summed E-state index contributed by atoms with van der Waals surface area (Å²) < 4.78 is 23.4. The Morgan fingerprint density at radius 1 is 1.47 bits per heavy atom. The van der Waals surface area contributed by atoms with Crippen molar-refractivity contribution in [1.29, 1.82) is 0 Å². The highest BCUT2D eigenvalue weighted by Gasteiger charge is 2.14. The predicted molar refractivity (Wildman–Crippen MR) is 71.8 cm³/mol. The summed E-state index contributed by atoms with van der Waals surface area (Å²) in [5.41, 5.74) is 6.01. The molecule has 19 heavy (non-hydrogen) atoms. The highest BCUT2D eigenvalue weighted by Crippen LogP contribution is 2.22. The van der Waals surface area contributed by atoms with Crippen molar-refractivity contribution >= 4 is 17.3 Å². The van der Waals surface area contributed by atoms with Crippen molar-refractivity contribution in [2.75, 3.05) is 37.9 Å². The van der Waals surface area contributed by atoms with E-state index in [1.54, 1.807) is 0 Å². The van der Waals surface area contributed by atoms with Crippen molar-refractivity contribution < 1.29 is 18.7 Å². The minimum absolute atomic E-state index is 0.0595. The summed E-state index contributed by atoms with van der Waals surface area (Å²) in [6, 6.07) is 2.47. The molecule has 0 amide bonds. The molecule has 0 aliphatic heterocycles. The second-order valence-corrected chi connectivity index (χ2v) is 3.89. The average molecular weight is 270 g/mol. The Labute approximate surface area is 111 Å². The monoisotopic (exact) mass is 270 g/mol. The number of anilines is 2. The average Bonchev–Trinajstić information content (AvgIpc) is 2.39. The molecule has 106 valence electrons. The fourth-order valence-corrected chi connectivity index (χ4v) is 1.55. The number of nitrogen functional groups attached to an aromatic ring is 1. The minimum Gasteiger partial charge on any atom is -0.465 e. The number of carbonyl (C=O) groups excluding carboxylic acids is 1. The summed E-state index contributed by atoms with van der Waals surface area (Å²) in [5.74, 6) is -1.09. The number of halogens is 1. The molecule has 6 heteroatoms. The van der Waals surface area contributed by atoms with E-state index in [0.717, 1.165) is 12.5 Å². The van der Waals surface area contributed by atoms with E-state index in [1.807, 2.05) is 6.92 Å². The van der Waals surface area contributed by atoms with Gasteiger partial charge in [0.1, 0.15) is 5.82 Å². The molecule has 0 atom stereocenters. The van der Waals surface area contributed by atoms with Crippen molar-refractivity contribution in [1.82, 2.24) is 0 Å². The van der Waals surface area contributed by atoms with Gasteiger partial charge in [-0.1, -0.05) is 0 Å². The highest BCUT2D eigenvalue weighted by atomic mass is 19.1. The molecule has 0 saturated carbocycles. The van der Waals surface area contributed by atoms with Crippen LogP contribution in [-0.4, -0.2) is 32.8 Å². The Morgan fingerprint density at radius 2 is 2.21 bits per heavy atom. The van der Waals surface area contributed by atoms with Gasteiger partial charge in [-0.2, -0.15) is 0 Å². The van der Waals surface area contributed by atoms with Gasteiger partial charge < -0.3 is 20.5 Å². The number of ether oxygens (including phenoxy) is 2. The summed E-state index contributed by atoms with van der Waals surface area (Å²) in [6.45, 7) is 3.71. The molecule has 1 rings (SSSR count). The fourth-order valence-electron chi connectivity index (χ4n) is 1.55. The van der Waals surface area contributed by atoms with E-state index in [2.05, 4.69) is 10.1 Å². The quantitative estimate of drug-likeness (QED) is 0.450. The molecule has 1 aromatic rings. The number of hydrogen-bond acceptors (Lipinski definition) is 5. The smallest absolute Gasteiger partial charge is 0.340 e. The van der Waals surface area contributed by atoms with Crippen LogP contribution >= 0.6 is 0 Å². The third kappa shape index (κ3) is 4.40. The topological polar surface area (TPSA) is 73.6 Å². The van der Waals surface area contributed by atoms with Crippen molar-refractivity contribution in [2.45, 2.75) is 13.3 Å². The lowest BCUT2D eigenvalue weighted by Crippen LogP contribution is -2.11. The van der Waals surface area contributed by atoms with E-state index >= 15 is 0 Å². The molecule has 0 spiro atoms. The van der Waals surface area contributed by atoms with E-state index in [-0.39, 0.29) is 16.9 Å². The summed E-state index contributed by atoms with van der Waals surface area (Å²) in [7, 11) is 1.25. The van der Waals surface area contributed by atoms with Gasteiger partial charge in [-0.15, -0.1) is 0 Å². The van der Waals surface area contributed by atoms with Gasteiger partial charge in [-0.3, -0.25) is 0 Å². The van der Waals surface area contributed by atoms with E-state index < -0.39 is 11.8 Å². The number of hydrogen-bond donors (Lipinski definition) is 2. The third-order valence-electron chi connectivity index (χ3n) is 2.53. The third-order valence-corrected chi connectivity index (χ3v) is 2.53. The molecule has 0 radical (unpaired) electrons. The van der Waals surface area contributed by atoms with Crippen LogP contribution in [0.15, 0.2) is 12.1 Å². The van der Waals surface area contributed by atoms with Crippen LogP contribution in [0.1, 0.15) is 23.7 Å². The summed E-state index contributed by atoms with van der Waals surface area (Å²) in [5, 5.41) is 2.90. The van der Waals surface area contributed by atoms with Crippen molar-refractivity contribution in [3.63, 3.8) is 0 Å². The normalized spacial score (nSPS) is 10.3. The SMILES string of the molecule is CCOCCCNc1cc(C(=O)OC)c(N)cc1F. The van der Waals surface area contributed by atoms with Gasteiger partial charge in [0, 0.05) is 25.4 Å². The van der Waals surface area contributed by atoms with Gasteiger partial charge in [-0.25, -0.2) is 9.18 Å². The Morgan fingerprint density at radius 3 is 2.84 bits per heavy atom. The second kappa shape index (κ2) is 7.58. The minimum atomic E-state index is -0.588. The molecule has 0 bridgehead atoms. The van der Waals surface area contributed by atoms with Crippen LogP contribution in [0.4, 0.5) is 15.8 Å². The Kier molecular flexibility index (Phi) is 6.08. The standard InChI is InChI=1S/C13H19FN2O3/c1-3-19-6-4-5-16-12-7-9(13(17)18-2)11(15)8-10(12)14/h7-8,16H,3-6,15H2,1-2H3. The van der Waals surface area contributed by atoms with Crippen LogP contribution in [0, 0.1) is 5.82 Å². The zero-order chi connectivity index (χ0) is 14.3. The zero-order valence-corrected chi connectivity index (χ0v) is 11.2. The largest absolute Gasteiger partial charge is 0.465 e. The molecule has 0 aromatic heterocycles. The lowest BCUT2D eigenvalue weighted by Gasteiger charge is -2.11. The first-order chi connectivity index (χ1) is 9.10. The van der Waals surface area contributed by atoms with Gasteiger partial charge in [0.15, 0.2) is 0 Å². The summed E-state index contributed by atoms with van der Waals surface area (Å²) in [6.07, 6.45) is 0.741. The maximum atomic E-state index is 13.6. The molecule has 0 fully saturated rings. The fraction of sp³-hybridized carbons (Fsp3) is 0.462. The van der Waals surface area contributed by atoms with Crippen LogP contribution in [0.5, 0.6) is 0 Å². The molecular formula is C13H19FN2O3. The van der Waals surface area contributed by atoms with Crippen molar-refractivity contribution in [3.05, 3.63) is 23.5 Å². The Balaban J connectivity index is 2.69. The molecule has 0 unspecified atom stereocenters. The van der Waals surface area contributed by atoms with Crippen LogP contribution < -0.4 is 11.1 Å². The van der Waals surface area contributed by atoms with E-state index in [4.69, 9.17) is 10.5 Å². The Bertz CT molecular complexity index is 438. The zero-order valence-electron chi connectivity index (χ0n) is 11.2. The molecule has 0 aliphatic carbocycles. The van der Waals surface area contributed by atoms with Crippen LogP contribution in [0.2, 0.25) is 0 Å². The number of esters is 1. The second-order valence-electron chi connectivity index (χ2n) is 3.89. The first-order valence-corrected chi connectivity index (χ1v) is 6.09. The Hall–Kier alpha value is -1.82. The molecule has 0 saturated heterocycles. The van der Waals surface area contributed by atoms with E-state index in [1.165, 1.54) is 13.2 Å². The van der Waals surface area contributed by atoms with Crippen LogP contribution in [0.25, 0.3) is 0 Å². The van der Waals surface area contributed by atoms with Crippen LogP contribution in [0.3, 0.4) is 0 Å². The lowest BCUT2D eigenvalue weighted by molar-refractivity contribution is 0.0602. The molecular weight excluding hydrogens is 251 g/mol. The number of carbonyl (C=O) groups is 1. The van der Waals surface area contributed by atoms with E-state index in [0.29, 0.717) is 19.8 Å². The number of nitrogens with one attached hydrogen (secondary N) is 1. The number of rotatable bonds is 7. The maximum Gasteiger partial charge on any atom is 0.340 e. The molecule has 5 nitrogen and oxygen atoms in total. The summed E-state index contributed by atoms with van der Waals surface area (Å²) in [4.78, 5) is 11.4. The van der Waals surface area contributed by atoms with Gasteiger partial charge in [-0.05, 0) is 25.5 Å². The molecule has 1 aromatic carbocycles. The van der Waals surface area contributed by atoms with Crippen molar-refractivity contribution in [3.8, 4) is 0 Å². The lowest BCUT2D eigenvalue weighted by atomic mass is 10.1. The molecule has 0 heterocycles. The molecule has 3 N–H and O–H groups in total. The summed E-state index contributed by atoms with van der Waals surface area (Å²) >= 11 is 0. The number of methoxy groups -OCH3 is 1. The first-order valence-electron chi connectivity index (χ1n) is 6.09. The van der Waals surface area contributed by atoms with Crippen molar-refractivity contribution in [2.24, 2.45) is 0 Å². The van der Waals surface area contributed by atoms with E-state index in [9.17, 15) is 9.18 Å².